The molecule has 0 spiro atoms. The van der Waals surface area contributed by atoms with Crippen LogP contribution in [0.2, 0.25) is 0 Å². The van der Waals surface area contributed by atoms with Crippen molar-refractivity contribution in [3.05, 3.63) is 48.6 Å². The van der Waals surface area contributed by atoms with Gasteiger partial charge in [0, 0.05) is 6.04 Å². The summed E-state index contributed by atoms with van der Waals surface area (Å²) in [6.45, 7) is 6.45. The maximum atomic E-state index is 10.1. The van der Waals surface area contributed by atoms with E-state index in [1.807, 2.05) is 36.4 Å². The van der Waals surface area contributed by atoms with Crippen molar-refractivity contribution in [3.63, 3.8) is 0 Å². The number of rotatable bonds is 13. The summed E-state index contributed by atoms with van der Waals surface area (Å²) in [4.78, 5) is 5.63. The number of unbranched alkanes of at least 4 members (excludes halogenated alkanes) is 2. The van der Waals surface area contributed by atoms with E-state index in [1.54, 1.807) is 0 Å². The second kappa shape index (κ2) is 12.4. The Bertz CT molecular complexity index is 380. The molecule has 0 saturated heterocycles. The molecule has 22 heavy (non-hydrogen) atoms. The van der Waals surface area contributed by atoms with Gasteiger partial charge in [-0.2, -0.15) is 5.48 Å². The van der Waals surface area contributed by atoms with Crippen molar-refractivity contribution in [1.82, 2.24) is 5.48 Å². The maximum Gasteiger partial charge on any atom is 0.0933 e. The maximum absolute atomic E-state index is 10.1. The zero-order chi connectivity index (χ0) is 16.0. The highest BCUT2D eigenvalue weighted by atomic mass is 16.6. The van der Waals surface area contributed by atoms with E-state index >= 15 is 0 Å². The molecule has 0 unspecified atom stereocenters. The van der Waals surface area contributed by atoms with Gasteiger partial charge in [0.05, 0.1) is 12.7 Å². The van der Waals surface area contributed by atoms with Gasteiger partial charge < -0.3 is 5.11 Å². The quantitative estimate of drug-likeness (QED) is 0.323. The Balaban J connectivity index is 2.34. The summed E-state index contributed by atoms with van der Waals surface area (Å²) < 4.78 is 0. The zero-order valence-electron chi connectivity index (χ0n) is 13.8. The van der Waals surface area contributed by atoms with Crippen molar-refractivity contribution in [2.45, 2.75) is 70.6 Å². The highest BCUT2D eigenvalue weighted by molar-refractivity contribution is 5.13. The van der Waals surface area contributed by atoms with Crippen molar-refractivity contribution < 1.29 is 9.94 Å². The summed E-state index contributed by atoms with van der Waals surface area (Å²) in [5.74, 6) is 0. The molecule has 1 aromatic rings. The Morgan fingerprint density at radius 2 is 2.00 bits per heavy atom. The fourth-order valence-corrected chi connectivity index (χ4v) is 2.44. The number of aliphatic hydroxyl groups is 1. The van der Waals surface area contributed by atoms with Crippen molar-refractivity contribution in [1.29, 1.82) is 0 Å². The summed E-state index contributed by atoms with van der Waals surface area (Å²) >= 11 is 0. The van der Waals surface area contributed by atoms with Gasteiger partial charge in [0.25, 0.3) is 0 Å². The largest absolute Gasteiger partial charge is 0.393 e. The normalized spacial score (nSPS) is 13.7. The second-order valence-electron chi connectivity index (χ2n) is 5.84. The van der Waals surface area contributed by atoms with Crippen molar-refractivity contribution in [3.8, 4) is 0 Å². The number of benzene rings is 1. The van der Waals surface area contributed by atoms with E-state index < -0.39 is 0 Å². The fourth-order valence-electron chi connectivity index (χ4n) is 2.44. The van der Waals surface area contributed by atoms with Gasteiger partial charge in [0.15, 0.2) is 0 Å². The first-order valence-corrected chi connectivity index (χ1v) is 8.46. The second-order valence-corrected chi connectivity index (χ2v) is 5.84. The van der Waals surface area contributed by atoms with Crippen LogP contribution in [0.1, 0.15) is 57.4 Å². The monoisotopic (exact) mass is 305 g/mol. The van der Waals surface area contributed by atoms with Crippen LogP contribution in [0, 0.1) is 0 Å². The molecular weight excluding hydrogens is 274 g/mol. The fraction of sp³-hybridized carbons (Fsp3) is 0.579. The number of hydrogen-bond donors (Lipinski definition) is 2. The van der Waals surface area contributed by atoms with Gasteiger partial charge in [-0.1, -0.05) is 56.2 Å². The molecule has 2 atom stereocenters. The molecule has 0 aromatic heterocycles. The van der Waals surface area contributed by atoms with E-state index in [9.17, 15) is 5.11 Å². The predicted octanol–water partition coefficient (Wildman–Crippen LogP) is 4.37. The van der Waals surface area contributed by atoms with E-state index in [0.717, 1.165) is 50.5 Å². The third-order valence-electron chi connectivity index (χ3n) is 3.74. The Morgan fingerprint density at radius 3 is 2.68 bits per heavy atom. The van der Waals surface area contributed by atoms with E-state index in [4.69, 9.17) is 4.84 Å². The highest BCUT2D eigenvalue weighted by Gasteiger charge is 2.14. The Labute approximate surface area is 135 Å². The van der Waals surface area contributed by atoms with E-state index in [1.165, 1.54) is 0 Å². The molecule has 0 heterocycles. The van der Waals surface area contributed by atoms with Gasteiger partial charge in [0.2, 0.25) is 0 Å². The lowest BCUT2D eigenvalue weighted by molar-refractivity contribution is -0.0120. The van der Waals surface area contributed by atoms with Crippen molar-refractivity contribution in [2.24, 2.45) is 0 Å². The Kier molecular flexibility index (Phi) is 10.6. The first kappa shape index (κ1) is 18.9. The number of nitrogens with one attached hydrogen (secondary N) is 1. The number of hydroxylamine groups is 1. The minimum atomic E-state index is -0.249. The van der Waals surface area contributed by atoms with Gasteiger partial charge in [0.1, 0.15) is 0 Å². The molecule has 0 saturated carbocycles. The molecule has 0 aliphatic rings. The molecule has 0 fully saturated rings. The molecule has 0 aliphatic heterocycles. The average Bonchev–Trinajstić information content (AvgIpc) is 2.54. The first-order chi connectivity index (χ1) is 10.8. The molecule has 3 nitrogen and oxygen atoms in total. The van der Waals surface area contributed by atoms with Crippen LogP contribution in [0.3, 0.4) is 0 Å². The lowest BCUT2D eigenvalue weighted by Gasteiger charge is -2.21. The summed E-state index contributed by atoms with van der Waals surface area (Å²) in [5, 5.41) is 10.1. The van der Waals surface area contributed by atoms with Crippen molar-refractivity contribution in [2.75, 3.05) is 0 Å². The molecule has 0 bridgehead atoms. The number of hydrogen-bond acceptors (Lipinski definition) is 3. The van der Waals surface area contributed by atoms with Gasteiger partial charge in [-0.05, 0) is 37.7 Å². The first-order valence-electron chi connectivity index (χ1n) is 8.46. The van der Waals surface area contributed by atoms with E-state index in [0.29, 0.717) is 6.61 Å². The van der Waals surface area contributed by atoms with Crippen LogP contribution in [-0.2, 0) is 11.4 Å². The highest BCUT2D eigenvalue weighted by Crippen LogP contribution is 2.12. The Morgan fingerprint density at radius 1 is 1.23 bits per heavy atom. The average molecular weight is 305 g/mol. The van der Waals surface area contributed by atoms with E-state index in [2.05, 4.69) is 19.0 Å². The summed E-state index contributed by atoms with van der Waals surface area (Å²) in [6, 6.07) is 10.3. The molecule has 3 heteroatoms. The minimum absolute atomic E-state index is 0.190. The molecule has 0 amide bonds. The molecule has 124 valence electrons. The Hall–Kier alpha value is -1.16. The third-order valence-corrected chi connectivity index (χ3v) is 3.74. The van der Waals surface area contributed by atoms with Gasteiger partial charge >= 0.3 is 0 Å². The molecule has 1 aromatic carbocycles. The molecule has 2 N–H and O–H groups in total. The third kappa shape index (κ3) is 8.98. The van der Waals surface area contributed by atoms with Crippen LogP contribution >= 0.6 is 0 Å². The van der Waals surface area contributed by atoms with Crippen LogP contribution < -0.4 is 5.48 Å². The lowest BCUT2D eigenvalue weighted by atomic mass is 10.0. The van der Waals surface area contributed by atoms with Gasteiger partial charge in [-0.3, -0.25) is 4.84 Å². The topological polar surface area (TPSA) is 41.5 Å². The van der Waals surface area contributed by atoms with Crippen LogP contribution in [0.25, 0.3) is 0 Å². The molecule has 0 radical (unpaired) electrons. The van der Waals surface area contributed by atoms with Crippen LogP contribution in [0.15, 0.2) is 43.0 Å². The van der Waals surface area contributed by atoms with Gasteiger partial charge in [-0.15, -0.1) is 6.58 Å². The molecule has 0 aliphatic carbocycles. The minimum Gasteiger partial charge on any atom is -0.393 e. The number of allylic oxidation sites excluding steroid dienone is 1. The van der Waals surface area contributed by atoms with Crippen LogP contribution in [-0.4, -0.2) is 17.3 Å². The standard InChI is InChI=1S/C19H31NO2/c1-3-5-8-13-18(15-19(21)14-6-4-2)20-22-16-17-11-9-7-10-12-17/h3,7,9-12,18-21H,1,4-6,8,13-16H2,2H3/t18-,19+/m1/s1. The summed E-state index contributed by atoms with van der Waals surface area (Å²) in [5.41, 5.74) is 4.28. The van der Waals surface area contributed by atoms with Gasteiger partial charge in [-0.25, -0.2) is 0 Å². The smallest absolute Gasteiger partial charge is 0.0933 e. The van der Waals surface area contributed by atoms with Crippen molar-refractivity contribution >= 4 is 0 Å². The number of aliphatic hydroxyl groups excluding tert-OH is 1. The van der Waals surface area contributed by atoms with Crippen LogP contribution in [0.5, 0.6) is 0 Å². The summed E-state index contributed by atoms with van der Waals surface area (Å²) in [6.07, 6.45) is 8.56. The van der Waals surface area contributed by atoms with E-state index in [-0.39, 0.29) is 12.1 Å². The predicted molar refractivity (Wildman–Crippen MR) is 92.4 cm³/mol. The molecule has 1 rings (SSSR count). The summed E-state index contributed by atoms with van der Waals surface area (Å²) in [7, 11) is 0. The molecular formula is C19H31NO2. The zero-order valence-corrected chi connectivity index (χ0v) is 13.8. The lowest BCUT2D eigenvalue weighted by Crippen LogP contribution is -2.33. The van der Waals surface area contributed by atoms with Crippen LogP contribution in [0.4, 0.5) is 0 Å². The SMILES string of the molecule is C=CCCC[C@H](C[C@@H](O)CCCC)NOCc1ccccc1.